The van der Waals surface area contributed by atoms with E-state index in [1.807, 2.05) is 12.1 Å². The molecule has 28 heavy (non-hydrogen) atoms. The van der Waals surface area contributed by atoms with Gasteiger partial charge in [-0.05, 0) is 88.3 Å². The predicted octanol–water partition coefficient (Wildman–Crippen LogP) is 6.95. The van der Waals surface area contributed by atoms with E-state index in [-0.39, 0.29) is 0 Å². The Morgan fingerprint density at radius 1 is 0.679 bits per heavy atom. The van der Waals surface area contributed by atoms with Crippen molar-refractivity contribution in [1.29, 1.82) is 0 Å². The molecule has 5 aliphatic carbocycles. The summed E-state index contributed by atoms with van der Waals surface area (Å²) < 4.78 is 0. The average molecular weight is 381 g/mol. The normalized spacial score (nSPS) is 39.5. The Bertz CT molecular complexity index is 1180. The molecule has 0 aromatic heterocycles. The largest absolute Gasteiger partial charge is 0.0837 e. The summed E-state index contributed by atoms with van der Waals surface area (Å²) in [6.07, 6.45) is 4.46. The highest BCUT2D eigenvalue weighted by Gasteiger charge is 2.90. The van der Waals surface area contributed by atoms with Crippen LogP contribution >= 0.6 is 11.6 Å². The lowest BCUT2D eigenvalue weighted by Gasteiger charge is -2.92. The van der Waals surface area contributed by atoms with Crippen LogP contribution in [0.3, 0.4) is 0 Å². The summed E-state index contributed by atoms with van der Waals surface area (Å²) in [5.74, 6) is 3.92. The molecule has 3 aromatic carbocycles. The van der Waals surface area contributed by atoms with E-state index in [2.05, 4.69) is 54.6 Å². The third-order valence-electron chi connectivity index (χ3n) is 9.64. The monoisotopic (exact) mass is 380 g/mol. The maximum absolute atomic E-state index is 6.53. The van der Waals surface area contributed by atoms with Crippen molar-refractivity contribution in [3.05, 3.63) is 82.9 Å². The van der Waals surface area contributed by atoms with Gasteiger partial charge in [-0.15, -0.1) is 0 Å². The van der Waals surface area contributed by atoms with Crippen molar-refractivity contribution >= 4 is 11.6 Å². The zero-order valence-corrected chi connectivity index (χ0v) is 16.4. The van der Waals surface area contributed by atoms with Crippen molar-refractivity contribution < 1.29 is 0 Å². The van der Waals surface area contributed by atoms with Crippen LogP contribution in [0.4, 0.5) is 0 Å². The second-order valence-electron chi connectivity index (χ2n) is 9.86. The summed E-state index contributed by atoms with van der Waals surface area (Å²) in [6, 6.07) is 24.7. The molecule has 136 valence electrons. The first kappa shape index (κ1) is 14.9. The van der Waals surface area contributed by atoms with Crippen LogP contribution < -0.4 is 0 Å². The smallest absolute Gasteiger partial charge is 0.0484 e. The molecule has 1 heteroatoms. The summed E-state index contributed by atoms with van der Waals surface area (Å²) in [6.45, 7) is 0. The van der Waals surface area contributed by atoms with Gasteiger partial charge >= 0.3 is 0 Å². The van der Waals surface area contributed by atoms with E-state index in [1.165, 1.54) is 36.0 Å². The van der Waals surface area contributed by atoms with Gasteiger partial charge in [0, 0.05) is 16.0 Å². The molecule has 0 heterocycles. The molecule has 8 rings (SSSR count). The van der Waals surface area contributed by atoms with E-state index in [0.29, 0.717) is 5.41 Å². The number of halogens is 1. The minimum absolute atomic E-state index is 0.318. The van der Waals surface area contributed by atoms with Gasteiger partial charge < -0.3 is 0 Å². The maximum Gasteiger partial charge on any atom is 0.0484 e. The van der Waals surface area contributed by atoms with Gasteiger partial charge in [0.05, 0.1) is 0 Å². The van der Waals surface area contributed by atoms with Gasteiger partial charge in [0.25, 0.3) is 0 Å². The Morgan fingerprint density at radius 3 is 2.11 bits per heavy atom. The van der Waals surface area contributed by atoms with E-state index in [4.69, 9.17) is 11.6 Å². The van der Waals surface area contributed by atoms with Crippen LogP contribution in [0.15, 0.2) is 66.7 Å². The predicted molar refractivity (Wildman–Crippen MR) is 113 cm³/mol. The minimum atomic E-state index is 0.318. The number of hydrogen-bond acceptors (Lipinski definition) is 0. The minimum Gasteiger partial charge on any atom is -0.0837 e. The molecule has 5 aliphatic rings. The molecule has 0 nitrogen and oxygen atoms in total. The van der Waals surface area contributed by atoms with E-state index >= 15 is 0 Å². The molecular weight excluding hydrogens is 360 g/mol. The number of hydrogen-bond donors (Lipinski definition) is 0. The molecular formula is C27H21Cl. The first-order chi connectivity index (χ1) is 13.8. The van der Waals surface area contributed by atoms with Gasteiger partial charge in [-0.25, -0.2) is 0 Å². The average Bonchev–Trinajstić information content (AvgIpc) is 2.96. The number of benzene rings is 3. The molecule has 3 aromatic rings. The van der Waals surface area contributed by atoms with E-state index < -0.39 is 0 Å². The first-order valence-corrected chi connectivity index (χ1v) is 11.1. The highest BCUT2D eigenvalue weighted by atomic mass is 35.5. The zero-order valence-electron chi connectivity index (χ0n) is 15.7. The lowest BCUT2D eigenvalue weighted by Crippen LogP contribution is -2.88. The quantitative estimate of drug-likeness (QED) is 0.428. The van der Waals surface area contributed by atoms with Crippen molar-refractivity contribution in [2.24, 2.45) is 29.1 Å². The lowest BCUT2D eigenvalue weighted by atomic mass is 9.11. The summed E-state index contributed by atoms with van der Waals surface area (Å²) in [4.78, 5) is 0. The molecule has 0 radical (unpaired) electrons. The SMILES string of the molecule is Clc1ccccc1-c1ccc2c(c1)-c1ccccc1C21C2CC3CC4CC1C342. The van der Waals surface area contributed by atoms with Gasteiger partial charge in [-0.2, -0.15) is 0 Å². The Kier molecular flexibility index (Phi) is 2.34. The van der Waals surface area contributed by atoms with Crippen molar-refractivity contribution in [2.75, 3.05) is 0 Å². The fraction of sp³-hybridized carbons (Fsp3) is 0.333. The second kappa shape index (κ2) is 4.41. The lowest BCUT2D eigenvalue weighted by molar-refractivity contribution is -0.412. The summed E-state index contributed by atoms with van der Waals surface area (Å²) in [7, 11) is 0. The molecule has 4 saturated carbocycles. The summed E-state index contributed by atoms with van der Waals surface area (Å²) in [5, 5.41) is 0.837. The topological polar surface area (TPSA) is 0 Å². The standard InChI is InChI=1S/C27H21Cl/c28-23-8-4-2-5-18(23)15-9-10-22-20(11-15)19-6-1-3-7-21(19)27(22)24-13-16-12-17-14-25(27)26(16,17)24/h1-11,16-17,24-25H,12-14H2. The fourth-order valence-electron chi connectivity index (χ4n) is 8.83. The molecule has 0 saturated heterocycles. The van der Waals surface area contributed by atoms with Crippen molar-refractivity contribution in [3.8, 4) is 22.3 Å². The van der Waals surface area contributed by atoms with Crippen LogP contribution in [-0.2, 0) is 5.41 Å². The second-order valence-corrected chi connectivity index (χ2v) is 10.3. The molecule has 2 spiro atoms. The fourth-order valence-corrected chi connectivity index (χ4v) is 9.08. The zero-order chi connectivity index (χ0) is 18.3. The van der Waals surface area contributed by atoms with Crippen LogP contribution in [0.25, 0.3) is 22.3 Å². The molecule has 4 atom stereocenters. The van der Waals surface area contributed by atoms with Gasteiger partial charge in [0.1, 0.15) is 0 Å². The van der Waals surface area contributed by atoms with Gasteiger partial charge in [0.2, 0.25) is 0 Å². The Morgan fingerprint density at radius 2 is 1.36 bits per heavy atom. The number of fused-ring (bicyclic) bond motifs is 7. The highest BCUT2D eigenvalue weighted by molar-refractivity contribution is 6.33. The van der Waals surface area contributed by atoms with E-state index in [1.54, 1.807) is 11.1 Å². The Hall–Kier alpha value is -2.05. The molecule has 0 bridgehead atoms. The summed E-state index contributed by atoms with van der Waals surface area (Å²) in [5.41, 5.74) is 9.66. The van der Waals surface area contributed by atoms with Crippen LogP contribution in [0, 0.1) is 29.1 Å². The highest BCUT2D eigenvalue weighted by Crippen LogP contribution is 2.94. The van der Waals surface area contributed by atoms with Crippen LogP contribution in [0.2, 0.25) is 5.02 Å². The van der Waals surface area contributed by atoms with Gasteiger partial charge in [-0.3, -0.25) is 0 Å². The molecule has 4 unspecified atom stereocenters. The van der Waals surface area contributed by atoms with Crippen LogP contribution in [-0.4, -0.2) is 0 Å². The molecule has 4 fully saturated rings. The van der Waals surface area contributed by atoms with Crippen molar-refractivity contribution in [3.63, 3.8) is 0 Å². The van der Waals surface area contributed by atoms with Crippen molar-refractivity contribution in [1.82, 2.24) is 0 Å². The van der Waals surface area contributed by atoms with Gasteiger partial charge in [0.15, 0.2) is 0 Å². The van der Waals surface area contributed by atoms with E-state index in [0.717, 1.165) is 39.7 Å². The molecule has 0 amide bonds. The van der Waals surface area contributed by atoms with Crippen LogP contribution in [0.1, 0.15) is 30.4 Å². The Balaban J connectivity index is 1.37. The van der Waals surface area contributed by atoms with Crippen molar-refractivity contribution in [2.45, 2.75) is 24.7 Å². The first-order valence-electron chi connectivity index (χ1n) is 10.8. The number of rotatable bonds is 1. The van der Waals surface area contributed by atoms with E-state index in [9.17, 15) is 0 Å². The van der Waals surface area contributed by atoms with Gasteiger partial charge in [-0.1, -0.05) is 66.2 Å². The summed E-state index contributed by atoms with van der Waals surface area (Å²) >= 11 is 6.53. The molecule has 0 N–H and O–H groups in total. The van der Waals surface area contributed by atoms with Crippen LogP contribution in [0.5, 0.6) is 0 Å². The maximum atomic E-state index is 6.53. The third kappa shape index (κ3) is 1.24. The molecule has 0 aliphatic heterocycles. The third-order valence-corrected chi connectivity index (χ3v) is 9.97. The Labute approximate surface area is 170 Å².